The van der Waals surface area contributed by atoms with Crippen molar-refractivity contribution in [2.24, 2.45) is 0 Å². The molecule has 2 amide bonds. The SMILES string of the molecule is CC(C)c1ccc(NC(=O)C(=O)NCC2(O)CCOc3ccccc32)cc1. The number of rotatable bonds is 4. The molecule has 0 saturated carbocycles. The van der Waals surface area contributed by atoms with Crippen LogP contribution in [-0.4, -0.2) is 30.1 Å². The molecule has 2 aromatic carbocycles. The van der Waals surface area contributed by atoms with Crippen LogP contribution in [0.4, 0.5) is 5.69 Å². The van der Waals surface area contributed by atoms with Crippen LogP contribution >= 0.6 is 0 Å². The maximum atomic E-state index is 12.2. The third-order valence-electron chi connectivity index (χ3n) is 4.74. The highest BCUT2D eigenvalue weighted by atomic mass is 16.5. The molecule has 1 aliphatic rings. The summed E-state index contributed by atoms with van der Waals surface area (Å²) in [5.41, 5.74) is 1.05. The fourth-order valence-corrected chi connectivity index (χ4v) is 3.07. The summed E-state index contributed by atoms with van der Waals surface area (Å²) in [4.78, 5) is 24.3. The number of anilines is 1. The number of nitrogens with one attached hydrogen (secondary N) is 2. The van der Waals surface area contributed by atoms with Crippen LogP contribution in [0.15, 0.2) is 48.5 Å². The summed E-state index contributed by atoms with van der Waals surface area (Å²) in [6, 6.07) is 14.5. The average molecular weight is 368 g/mol. The smallest absolute Gasteiger partial charge is 0.313 e. The summed E-state index contributed by atoms with van der Waals surface area (Å²) in [5, 5.41) is 16.0. The Hall–Kier alpha value is -2.86. The lowest BCUT2D eigenvalue weighted by Crippen LogP contribution is -2.46. The Morgan fingerprint density at radius 2 is 1.81 bits per heavy atom. The highest BCUT2D eigenvalue weighted by molar-refractivity contribution is 6.39. The molecular weight excluding hydrogens is 344 g/mol. The number of benzene rings is 2. The Labute approximate surface area is 158 Å². The minimum Gasteiger partial charge on any atom is -0.493 e. The van der Waals surface area contributed by atoms with Crippen LogP contribution in [0.25, 0.3) is 0 Å². The first-order valence-electron chi connectivity index (χ1n) is 9.03. The average Bonchev–Trinajstić information content (AvgIpc) is 2.67. The molecular formula is C21H24N2O4. The van der Waals surface area contributed by atoms with E-state index in [1.54, 1.807) is 30.3 Å². The second-order valence-corrected chi connectivity index (χ2v) is 7.04. The van der Waals surface area contributed by atoms with E-state index < -0.39 is 17.4 Å². The van der Waals surface area contributed by atoms with Gasteiger partial charge in [0.1, 0.15) is 11.4 Å². The monoisotopic (exact) mass is 368 g/mol. The van der Waals surface area contributed by atoms with Gasteiger partial charge in [0.15, 0.2) is 0 Å². The Bertz CT molecular complexity index is 832. The largest absolute Gasteiger partial charge is 0.493 e. The summed E-state index contributed by atoms with van der Waals surface area (Å²) < 4.78 is 5.53. The highest BCUT2D eigenvalue weighted by Gasteiger charge is 2.36. The molecule has 1 atom stereocenters. The molecule has 6 nitrogen and oxygen atoms in total. The first-order chi connectivity index (χ1) is 12.9. The number of carbonyl (C=O) groups is 2. The number of hydrogen-bond acceptors (Lipinski definition) is 4. The fourth-order valence-electron chi connectivity index (χ4n) is 3.07. The van der Waals surface area contributed by atoms with Crippen LogP contribution in [-0.2, 0) is 15.2 Å². The third kappa shape index (κ3) is 4.28. The van der Waals surface area contributed by atoms with Crippen molar-refractivity contribution < 1.29 is 19.4 Å². The van der Waals surface area contributed by atoms with Gasteiger partial charge in [-0.05, 0) is 29.7 Å². The fraction of sp³-hybridized carbons (Fsp3) is 0.333. The van der Waals surface area contributed by atoms with Crippen molar-refractivity contribution in [1.29, 1.82) is 0 Å². The molecule has 0 aliphatic carbocycles. The van der Waals surface area contributed by atoms with Crippen LogP contribution in [0.2, 0.25) is 0 Å². The van der Waals surface area contributed by atoms with Crippen LogP contribution in [0.1, 0.15) is 37.3 Å². The molecule has 6 heteroatoms. The van der Waals surface area contributed by atoms with Gasteiger partial charge in [-0.25, -0.2) is 0 Å². The van der Waals surface area contributed by atoms with Crippen molar-refractivity contribution in [3.8, 4) is 5.75 Å². The van der Waals surface area contributed by atoms with Gasteiger partial charge in [-0.3, -0.25) is 9.59 Å². The van der Waals surface area contributed by atoms with Gasteiger partial charge in [0.05, 0.1) is 13.2 Å². The summed E-state index contributed by atoms with van der Waals surface area (Å²) >= 11 is 0. The van der Waals surface area contributed by atoms with E-state index in [1.807, 2.05) is 18.2 Å². The third-order valence-corrected chi connectivity index (χ3v) is 4.74. The zero-order valence-corrected chi connectivity index (χ0v) is 15.5. The van der Waals surface area contributed by atoms with Gasteiger partial charge in [0, 0.05) is 17.7 Å². The second kappa shape index (κ2) is 7.80. The maximum absolute atomic E-state index is 12.2. The zero-order chi connectivity index (χ0) is 19.4. The predicted octanol–water partition coefficient (Wildman–Crippen LogP) is 2.54. The lowest BCUT2D eigenvalue weighted by molar-refractivity contribution is -0.137. The molecule has 0 fully saturated rings. The van der Waals surface area contributed by atoms with Crippen molar-refractivity contribution in [3.63, 3.8) is 0 Å². The van der Waals surface area contributed by atoms with E-state index in [2.05, 4.69) is 24.5 Å². The van der Waals surface area contributed by atoms with Gasteiger partial charge < -0.3 is 20.5 Å². The molecule has 0 radical (unpaired) electrons. The van der Waals surface area contributed by atoms with Crippen molar-refractivity contribution in [2.75, 3.05) is 18.5 Å². The number of amides is 2. The van der Waals surface area contributed by atoms with Gasteiger partial charge in [-0.2, -0.15) is 0 Å². The van der Waals surface area contributed by atoms with E-state index in [4.69, 9.17) is 4.74 Å². The lowest BCUT2D eigenvalue weighted by Gasteiger charge is -2.34. The number of fused-ring (bicyclic) bond motifs is 1. The van der Waals surface area contributed by atoms with Gasteiger partial charge in [-0.15, -0.1) is 0 Å². The summed E-state index contributed by atoms with van der Waals surface area (Å²) in [5.74, 6) is -0.576. The van der Waals surface area contributed by atoms with E-state index in [9.17, 15) is 14.7 Å². The van der Waals surface area contributed by atoms with E-state index in [1.165, 1.54) is 0 Å². The maximum Gasteiger partial charge on any atom is 0.313 e. The van der Waals surface area contributed by atoms with E-state index in [-0.39, 0.29) is 6.54 Å². The number of ether oxygens (including phenoxy) is 1. The van der Waals surface area contributed by atoms with Crippen molar-refractivity contribution in [1.82, 2.24) is 5.32 Å². The lowest BCUT2D eigenvalue weighted by atomic mass is 9.88. The Kier molecular flexibility index (Phi) is 5.46. The summed E-state index contributed by atoms with van der Waals surface area (Å²) in [7, 11) is 0. The van der Waals surface area contributed by atoms with Gasteiger partial charge >= 0.3 is 11.8 Å². The molecule has 0 spiro atoms. The molecule has 3 N–H and O–H groups in total. The molecule has 142 valence electrons. The minimum atomic E-state index is -1.26. The number of hydrogen-bond donors (Lipinski definition) is 3. The quantitative estimate of drug-likeness (QED) is 0.724. The molecule has 0 aromatic heterocycles. The van der Waals surface area contributed by atoms with Gasteiger partial charge in [0.2, 0.25) is 0 Å². The standard InChI is InChI=1S/C21H24N2O4/c1-14(2)15-7-9-16(10-8-15)23-20(25)19(24)22-13-21(26)11-12-27-18-6-4-3-5-17(18)21/h3-10,14,26H,11-13H2,1-2H3,(H,22,24)(H,23,25). The molecule has 1 heterocycles. The van der Waals surface area contributed by atoms with Crippen LogP contribution in [0.3, 0.4) is 0 Å². The van der Waals surface area contributed by atoms with E-state index in [0.29, 0.717) is 35.9 Å². The molecule has 3 rings (SSSR count). The molecule has 1 unspecified atom stereocenters. The Morgan fingerprint density at radius 3 is 2.52 bits per heavy atom. The molecule has 1 aliphatic heterocycles. The van der Waals surface area contributed by atoms with Crippen molar-refractivity contribution >= 4 is 17.5 Å². The van der Waals surface area contributed by atoms with Crippen molar-refractivity contribution in [3.05, 3.63) is 59.7 Å². The van der Waals surface area contributed by atoms with Crippen LogP contribution < -0.4 is 15.4 Å². The molecule has 27 heavy (non-hydrogen) atoms. The minimum absolute atomic E-state index is 0.0636. The first-order valence-corrected chi connectivity index (χ1v) is 9.03. The molecule has 0 saturated heterocycles. The van der Waals surface area contributed by atoms with Crippen molar-refractivity contribution in [2.45, 2.75) is 31.8 Å². The molecule has 2 aromatic rings. The predicted molar refractivity (Wildman–Crippen MR) is 103 cm³/mol. The van der Waals surface area contributed by atoms with Gasteiger partial charge in [-0.1, -0.05) is 44.2 Å². The zero-order valence-electron chi connectivity index (χ0n) is 15.5. The normalized spacial score (nSPS) is 18.4. The van der Waals surface area contributed by atoms with Crippen LogP contribution in [0, 0.1) is 0 Å². The second-order valence-electron chi connectivity index (χ2n) is 7.04. The Morgan fingerprint density at radius 1 is 1.11 bits per heavy atom. The van der Waals surface area contributed by atoms with E-state index in [0.717, 1.165) is 5.56 Å². The van der Waals surface area contributed by atoms with Gasteiger partial charge in [0.25, 0.3) is 0 Å². The summed E-state index contributed by atoms with van der Waals surface area (Å²) in [6.07, 6.45) is 0.336. The number of aliphatic hydroxyl groups is 1. The summed E-state index contributed by atoms with van der Waals surface area (Å²) in [6.45, 7) is 4.45. The topological polar surface area (TPSA) is 87.7 Å². The van der Waals surface area contributed by atoms with E-state index >= 15 is 0 Å². The Balaban J connectivity index is 1.60. The number of carbonyl (C=O) groups excluding carboxylic acids is 2. The molecule has 0 bridgehead atoms. The first kappa shape index (κ1) is 18.9. The number of para-hydroxylation sites is 1. The van der Waals surface area contributed by atoms with Crippen LogP contribution in [0.5, 0.6) is 5.75 Å². The highest BCUT2D eigenvalue weighted by Crippen LogP contribution is 2.36.